The number of ether oxygens (including phenoxy) is 1. The van der Waals surface area contributed by atoms with Crippen molar-refractivity contribution >= 4 is 17.8 Å². The summed E-state index contributed by atoms with van der Waals surface area (Å²) in [6.45, 7) is 1.52. The van der Waals surface area contributed by atoms with Gasteiger partial charge in [0.25, 0.3) is 0 Å². The summed E-state index contributed by atoms with van der Waals surface area (Å²) in [5.74, 6) is 0.906. The molecule has 1 aliphatic carbocycles. The molecule has 5 aliphatic rings. The van der Waals surface area contributed by atoms with Crippen LogP contribution in [0.3, 0.4) is 0 Å². The number of dihydropyridines is 1. The van der Waals surface area contributed by atoms with Gasteiger partial charge in [-0.1, -0.05) is 11.6 Å². The molecule has 0 radical (unpaired) electrons. The van der Waals surface area contributed by atoms with Gasteiger partial charge in [-0.15, -0.1) is 0 Å². The number of hydroxylamine groups is 1. The van der Waals surface area contributed by atoms with E-state index in [4.69, 9.17) is 21.2 Å². The first-order valence-corrected chi connectivity index (χ1v) is 11.3. The maximum absolute atomic E-state index is 14.6. The third-order valence-electron chi connectivity index (χ3n) is 6.15. The Labute approximate surface area is 186 Å². The van der Waals surface area contributed by atoms with E-state index in [1.807, 2.05) is 6.08 Å². The van der Waals surface area contributed by atoms with Gasteiger partial charge in [0.1, 0.15) is 23.9 Å². The van der Waals surface area contributed by atoms with Gasteiger partial charge in [-0.05, 0) is 31.8 Å². The lowest BCUT2D eigenvalue weighted by atomic mass is 9.91. The molecule has 2 fully saturated rings. The third-order valence-corrected chi connectivity index (χ3v) is 6.37. The van der Waals surface area contributed by atoms with Crippen molar-refractivity contribution in [2.45, 2.75) is 56.5 Å². The first-order valence-electron chi connectivity index (χ1n) is 10.9. The standard InChI is InChI=1S/C21H28ClFN6O2/c22-12-6-16-17(9-25-19(16)24-8-12)20-26-10-18(23)21(28-20)27-13-2-1-3-14(7-13)29-31-15-4-5-30-11-15/h6,8-9,13-15,19,24,26-29H,1-5,7,10-11H2/t13-,14+,15-,19?/m0/s1. The van der Waals surface area contributed by atoms with Crippen molar-refractivity contribution in [1.29, 1.82) is 0 Å². The van der Waals surface area contributed by atoms with Crippen molar-refractivity contribution in [2.24, 2.45) is 4.99 Å². The van der Waals surface area contributed by atoms with Crippen LogP contribution in [-0.4, -0.2) is 50.3 Å². The van der Waals surface area contributed by atoms with Gasteiger partial charge in [-0.2, -0.15) is 5.48 Å². The Balaban J connectivity index is 1.22. The molecule has 31 heavy (non-hydrogen) atoms. The predicted molar refractivity (Wildman–Crippen MR) is 116 cm³/mol. The van der Waals surface area contributed by atoms with Crippen LogP contribution in [0.1, 0.15) is 32.1 Å². The fourth-order valence-corrected chi connectivity index (χ4v) is 4.68. The maximum atomic E-state index is 14.6. The lowest BCUT2D eigenvalue weighted by Gasteiger charge is -2.33. The summed E-state index contributed by atoms with van der Waals surface area (Å²) >= 11 is 6.15. The summed E-state index contributed by atoms with van der Waals surface area (Å²) < 4.78 is 20.0. The third kappa shape index (κ3) is 4.74. The molecular formula is C21H28ClFN6O2. The number of fused-ring (bicyclic) bond motifs is 1. The van der Waals surface area contributed by atoms with E-state index < -0.39 is 0 Å². The van der Waals surface area contributed by atoms with Crippen LogP contribution in [0.15, 0.2) is 50.9 Å². The van der Waals surface area contributed by atoms with Crippen LogP contribution in [0, 0.1) is 0 Å². The van der Waals surface area contributed by atoms with Crippen LogP contribution < -0.4 is 26.7 Å². The van der Waals surface area contributed by atoms with Crippen molar-refractivity contribution in [2.75, 3.05) is 19.8 Å². The number of nitrogens with one attached hydrogen (secondary N) is 5. The first kappa shape index (κ1) is 20.8. The Hall–Kier alpha value is -2.07. The average Bonchev–Trinajstić information content (AvgIpc) is 3.44. The molecule has 4 aliphatic heterocycles. The zero-order chi connectivity index (χ0) is 21.2. The fourth-order valence-electron chi connectivity index (χ4n) is 4.50. The highest BCUT2D eigenvalue weighted by Crippen LogP contribution is 2.29. The summed E-state index contributed by atoms with van der Waals surface area (Å²) in [6, 6.07) is 0.399. The number of nitrogens with zero attached hydrogens (tertiary/aromatic N) is 1. The summed E-state index contributed by atoms with van der Waals surface area (Å²) in [7, 11) is 0. The molecule has 1 saturated heterocycles. The van der Waals surface area contributed by atoms with Crippen molar-refractivity contribution in [3.05, 3.63) is 45.9 Å². The molecule has 0 aromatic heterocycles. The fraction of sp³-hybridized carbons (Fsp3) is 0.571. The summed E-state index contributed by atoms with van der Waals surface area (Å²) in [5, 5.41) is 13.5. The average molecular weight is 451 g/mol. The molecule has 1 saturated carbocycles. The van der Waals surface area contributed by atoms with Crippen molar-refractivity contribution in [1.82, 2.24) is 26.7 Å². The Bertz CT molecular complexity index is 864. The summed E-state index contributed by atoms with van der Waals surface area (Å²) in [5.41, 5.74) is 5.05. The quantitative estimate of drug-likeness (QED) is 0.408. The number of hydrogen-bond acceptors (Lipinski definition) is 8. The van der Waals surface area contributed by atoms with Gasteiger partial charge in [0.15, 0.2) is 5.83 Å². The number of rotatable bonds is 5. The van der Waals surface area contributed by atoms with Gasteiger partial charge in [0.05, 0.1) is 18.2 Å². The molecular weight excluding hydrogens is 423 g/mol. The van der Waals surface area contributed by atoms with Gasteiger partial charge in [0, 0.05) is 48.7 Å². The molecule has 8 nitrogen and oxygen atoms in total. The zero-order valence-corrected chi connectivity index (χ0v) is 18.0. The van der Waals surface area contributed by atoms with E-state index in [1.165, 1.54) is 0 Å². The number of allylic oxidation sites excluding steroid dienone is 2. The predicted octanol–water partition coefficient (Wildman–Crippen LogP) is 1.76. The van der Waals surface area contributed by atoms with Crippen LogP contribution in [-0.2, 0) is 9.57 Å². The largest absolute Gasteiger partial charge is 0.379 e. The minimum Gasteiger partial charge on any atom is -0.379 e. The highest BCUT2D eigenvalue weighted by atomic mass is 35.5. The molecule has 168 valence electrons. The van der Waals surface area contributed by atoms with Gasteiger partial charge in [-0.3, -0.25) is 9.83 Å². The number of halogens is 2. The normalized spacial score (nSPS) is 35.0. The number of hydrogen-bond donors (Lipinski definition) is 5. The monoisotopic (exact) mass is 450 g/mol. The van der Waals surface area contributed by atoms with Gasteiger partial charge >= 0.3 is 0 Å². The van der Waals surface area contributed by atoms with Crippen LogP contribution >= 0.6 is 11.6 Å². The Morgan fingerprint density at radius 3 is 3.03 bits per heavy atom. The highest BCUT2D eigenvalue weighted by molar-refractivity contribution is 6.31. The topological polar surface area (TPSA) is 91.0 Å². The minimum absolute atomic E-state index is 0.121. The number of aliphatic imine (C=N–C) groups is 1. The second kappa shape index (κ2) is 9.20. The van der Waals surface area contributed by atoms with E-state index in [1.54, 1.807) is 12.4 Å². The molecule has 0 aromatic rings. The summed E-state index contributed by atoms with van der Waals surface area (Å²) in [4.78, 5) is 10.2. The Morgan fingerprint density at radius 1 is 1.26 bits per heavy atom. The van der Waals surface area contributed by atoms with Crippen molar-refractivity contribution in [3.63, 3.8) is 0 Å². The van der Waals surface area contributed by atoms with E-state index >= 15 is 0 Å². The molecule has 1 unspecified atom stereocenters. The van der Waals surface area contributed by atoms with E-state index in [2.05, 4.69) is 31.7 Å². The molecule has 5 rings (SSSR count). The van der Waals surface area contributed by atoms with Crippen LogP contribution in [0.2, 0.25) is 0 Å². The van der Waals surface area contributed by atoms with Crippen molar-refractivity contribution in [3.8, 4) is 0 Å². The molecule has 10 heteroatoms. The lowest BCUT2D eigenvalue weighted by molar-refractivity contribution is -0.0527. The molecule has 4 atom stereocenters. The molecule has 0 spiro atoms. The summed E-state index contributed by atoms with van der Waals surface area (Å²) in [6.07, 6.45) is 10.2. The van der Waals surface area contributed by atoms with Crippen LogP contribution in [0.5, 0.6) is 0 Å². The zero-order valence-electron chi connectivity index (χ0n) is 17.2. The minimum atomic E-state index is -0.237. The Morgan fingerprint density at radius 2 is 2.16 bits per heavy atom. The molecule has 5 N–H and O–H groups in total. The maximum Gasteiger partial charge on any atom is 0.159 e. The van der Waals surface area contributed by atoms with E-state index in [0.717, 1.165) is 55.7 Å². The lowest BCUT2D eigenvalue weighted by Crippen LogP contribution is -2.47. The SMILES string of the molecule is FC1=C(N[C@H]2CCC[C@@H](NO[C@H]3CCOC3)C2)NC(=C2C=NC3NC=C(Cl)C=C23)NC1. The Kier molecular flexibility index (Phi) is 6.17. The van der Waals surface area contributed by atoms with E-state index in [9.17, 15) is 4.39 Å². The van der Waals surface area contributed by atoms with E-state index in [0.29, 0.717) is 17.5 Å². The molecule has 4 heterocycles. The van der Waals surface area contributed by atoms with Gasteiger partial charge in [0.2, 0.25) is 0 Å². The molecule has 0 bridgehead atoms. The smallest absolute Gasteiger partial charge is 0.159 e. The van der Waals surface area contributed by atoms with Gasteiger partial charge in [-0.25, -0.2) is 4.39 Å². The second-order valence-electron chi connectivity index (χ2n) is 8.45. The van der Waals surface area contributed by atoms with Crippen molar-refractivity contribution < 1.29 is 14.0 Å². The first-order chi connectivity index (χ1) is 15.2. The molecule has 0 amide bonds. The van der Waals surface area contributed by atoms with Crippen LogP contribution in [0.4, 0.5) is 4.39 Å². The van der Waals surface area contributed by atoms with E-state index in [-0.39, 0.29) is 36.7 Å². The van der Waals surface area contributed by atoms with Crippen LogP contribution in [0.25, 0.3) is 0 Å². The molecule has 0 aromatic carbocycles. The van der Waals surface area contributed by atoms with Gasteiger partial charge < -0.3 is 26.0 Å². The second-order valence-corrected chi connectivity index (χ2v) is 8.89. The highest BCUT2D eigenvalue weighted by Gasteiger charge is 2.30.